The molecule has 1 aliphatic heterocycles. The predicted molar refractivity (Wildman–Crippen MR) is 123 cm³/mol. The Labute approximate surface area is 204 Å². The smallest absolute Gasteiger partial charge is 0.436 e. The lowest BCUT2D eigenvalue weighted by molar-refractivity contribution is -0.141. The van der Waals surface area contributed by atoms with E-state index in [0.717, 1.165) is 5.56 Å². The van der Waals surface area contributed by atoms with Gasteiger partial charge in [0.15, 0.2) is 5.69 Å². The molecule has 2 heterocycles. The molecule has 7 nitrogen and oxygen atoms in total. The monoisotopic (exact) mass is 506 g/mol. The summed E-state index contributed by atoms with van der Waals surface area (Å²) in [5.74, 6) is -1.31. The second-order valence-corrected chi connectivity index (χ2v) is 8.50. The molecule has 1 N–H and O–H groups in total. The molecule has 3 aromatic rings. The fraction of sp³-hybridized carbons (Fsp3) is 0.292. The van der Waals surface area contributed by atoms with Gasteiger partial charge in [-0.1, -0.05) is 41.9 Å². The lowest BCUT2D eigenvalue weighted by Gasteiger charge is -2.21. The largest absolute Gasteiger partial charge is 0.465 e. The molecule has 11 heteroatoms. The number of hydrogen-bond acceptors (Lipinski definition) is 5. The number of benzene rings is 2. The summed E-state index contributed by atoms with van der Waals surface area (Å²) < 4.78 is 47.4. The highest BCUT2D eigenvalue weighted by molar-refractivity contribution is 6.31. The van der Waals surface area contributed by atoms with Crippen molar-refractivity contribution in [2.24, 2.45) is 0 Å². The van der Waals surface area contributed by atoms with Crippen LogP contribution in [0.25, 0.3) is 0 Å². The van der Waals surface area contributed by atoms with E-state index in [1.807, 2.05) is 0 Å². The molecule has 0 unspecified atom stereocenters. The molecule has 0 aliphatic carbocycles. The Hall–Kier alpha value is -3.53. The van der Waals surface area contributed by atoms with Crippen molar-refractivity contribution < 1.29 is 27.5 Å². The van der Waals surface area contributed by atoms with Crippen LogP contribution in [-0.4, -0.2) is 35.3 Å². The molecular weight excluding hydrogens is 485 g/mol. The Morgan fingerprint density at radius 1 is 1.14 bits per heavy atom. The number of alkyl halides is 3. The molecule has 1 atom stereocenters. The minimum Gasteiger partial charge on any atom is -0.465 e. The summed E-state index contributed by atoms with van der Waals surface area (Å²) in [6.07, 6.45) is -4.81. The number of anilines is 1. The Morgan fingerprint density at radius 3 is 2.46 bits per heavy atom. The van der Waals surface area contributed by atoms with Gasteiger partial charge in [0.05, 0.1) is 25.3 Å². The van der Waals surface area contributed by atoms with Gasteiger partial charge in [-0.05, 0) is 36.2 Å². The Kier molecular flexibility index (Phi) is 6.75. The third-order valence-corrected chi connectivity index (χ3v) is 6.17. The zero-order valence-corrected chi connectivity index (χ0v) is 19.7. The second kappa shape index (κ2) is 9.61. The van der Waals surface area contributed by atoms with Gasteiger partial charge in [0.1, 0.15) is 11.4 Å². The van der Waals surface area contributed by atoms with E-state index in [-0.39, 0.29) is 18.9 Å². The van der Waals surface area contributed by atoms with E-state index < -0.39 is 35.4 Å². The number of fused-ring (bicyclic) bond motifs is 1. The molecule has 1 amide bonds. The van der Waals surface area contributed by atoms with Crippen molar-refractivity contribution in [2.45, 2.75) is 32.2 Å². The maximum Gasteiger partial charge on any atom is 0.436 e. The molecule has 0 radical (unpaired) electrons. The number of halogens is 4. The fourth-order valence-electron chi connectivity index (χ4n) is 4.02. The summed E-state index contributed by atoms with van der Waals surface area (Å²) in [7, 11) is 1.26. The summed E-state index contributed by atoms with van der Waals surface area (Å²) in [6, 6.07) is 12.7. The molecule has 1 aliphatic rings. The van der Waals surface area contributed by atoms with Crippen LogP contribution in [0.3, 0.4) is 0 Å². The first-order valence-electron chi connectivity index (χ1n) is 10.8. The van der Waals surface area contributed by atoms with E-state index in [9.17, 15) is 22.8 Å². The van der Waals surface area contributed by atoms with E-state index in [4.69, 9.17) is 11.6 Å². The first-order valence-corrected chi connectivity index (χ1v) is 11.1. The van der Waals surface area contributed by atoms with Gasteiger partial charge in [0, 0.05) is 18.1 Å². The van der Waals surface area contributed by atoms with Crippen molar-refractivity contribution in [3.8, 4) is 0 Å². The van der Waals surface area contributed by atoms with Crippen molar-refractivity contribution in [1.82, 2.24) is 15.1 Å². The van der Waals surface area contributed by atoms with Gasteiger partial charge in [-0.2, -0.15) is 18.3 Å². The van der Waals surface area contributed by atoms with Crippen LogP contribution in [0.5, 0.6) is 0 Å². The van der Waals surface area contributed by atoms with Gasteiger partial charge in [0.25, 0.3) is 5.91 Å². The SMILES string of the molecule is COC(=O)c1ccc([C@H](C)NC(=O)c2c(C(F)(F)F)nn3c2N(Cc2ccccc2Cl)CC3)cc1. The van der Waals surface area contributed by atoms with Crippen molar-refractivity contribution in [2.75, 3.05) is 18.6 Å². The topological polar surface area (TPSA) is 76.5 Å². The number of esters is 1. The van der Waals surface area contributed by atoms with Crippen LogP contribution in [0.15, 0.2) is 48.5 Å². The number of nitrogens with one attached hydrogen (secondary N) is 1. The summed E-state index contributed by atoms with van der Waals surface area (Å²) in [6.45, 7) is 2.47. The molecule has 184 valence electrons. The summed E-state index contributed by atoms with van der Waals surface area (Å²) >= 11 is 6.25. The van der Waals surface area contributed by atoms with Crippen LogP contribution in [0.4, 0.5) is 19.0 Å². The lowest BCUT2D eigenvalue weighted by Crippen LogP contribution is -2.31. The standard InChI is InChI=1S/C24H22ClF3N4O3/c1-14(15-7-9-16(10-8-15)23(34)35-2)29-21(33)19-20(24(26,27)28)30-32-12-11-31(22(19)32)13-17-5-3-4-6-18(17)25/h3-10,14H,11-13H2,1-2H3,(H,29,33)/t14-/m0/s1. The molecule has 1 aromatic heterocycles. The number of amides is 1. The number of rotatable bonds is 6. The number of methoxy groups -OCH3 is 1. The minimum absolute atomic E-state index is 0.1000. The third kappa shape index (κ3) is 4.97. The minimum atomic E-state index is -4.81. The molecular formula is C24H22ClF3N4O3. The number of aromatic nitrogens is 2. The fourth-order valence-corrected chi connectivity index (χ4v) is 4.22. The first-order chi connectivity index (χ1) is 16.6. The van der Waals surface area contributed by atoms with Gasteiger partial charge < -0.3 is 15.0 Å². The number of ether oxygens (including phenoxy) is 1. The number of nitrogens with zero attached hydrogens (tertiary/aromatic N) is 3. The molecule has 4 rings (SSSR count). The third-order valence-electron chi connectivity index (χ3n) is 5.80. The van der Waals surface area contributed by atoms with Crippen molar-refractivity contribution >= 4 is 29.3 Å². The van der Waals surface area contributed by atoms with E-state index >= 15 is 0 Å². The zero-order chi connectivity index (χ0) is 25.3. The van der Waals surface area contributed by atoms with Crippen molar-refractivity contribution in [3.63, 3.8) is 0 Å². The molecule has 35 heavy (non-hydrogen) atoms. The normalized spacial score (nSPS) is 13.9. The van der Waals surface area contributed by atoms with E-state index in [2.05, 4.69) is 15.2 Å². The van der Waals surface area contributed by atoms with Crippen molar-refractivity contribution in [1.29, 1.82) is 0 Å². The first kappa shape index (κ1) is 24.6. The molecule has 0 saturated heterocycles. The highest BCUT2D eigenvalue weighted by Gasteiger charge is 2.44. The summed E-state index contributed by atoms with van der Waals surface area (Å²) in [5, 5.41) is 6.84. The zero-order valence-electron chi connectivity index (χ0n) is 18.9. The average Bonchev–Trinajstić information content (AvgIpc) is 3.40. The summed E-state index contributed by atoms with van der Waals surface area (Å²) in [4.78, 5) is 26.5. The Balaban J connectivity index is 1.64. The van der Waals surface area contributed by atoms with Gasteiger partial charge >= 0.3 is 12.1 Å². The predicted octanol–water partition coefficient (Wildman–Crippen LogP) is 4.85. The van der Waals surface area contributed by atoms with Gasteiger partial charge in [-0.3, -0.25) is 4.79 Å². The van der Waals surface area contributed by atoms with Crippen LogP contribution in [0.1, 0.15) is 50.5 Å². The van der Waals surface area contributed by atoms with Crippen LogP contribution in [0, 0.1) is 0 Å². The second-order valence-electron chi connectivity index (χ2n) is 8.09. The number of hydrogen-bond donors (Lipinski definition) is 1. The van der Waals surface area contributed by atoms with E-state index in [0.29, 0.717) is 22.7 Å². The van der Waals surface area contributed by atoms with Gasteiger partial charge in [-0.15, -0.1) is 0 Å². The Bertz CT molecular complexity index is 1260. The van der Waals surface area contributed by atoms with E-state index in [1.165, 1.54) is 23.9 Å². The highest BCUT2D eigenvalue weighted by Crippen LogP contribution is 2.39. The average molecular weight is 507 g/mol. The van der Waals surface area contributed by atoms with Gasteiger partial charge in [-0.25, -0.2) is 9.48 Å². The van der Waals surface area contributed by atoms with Crippen molar-refractivity contribution in [3.05, 3.63) is 81.5 Å². The number of carbonyl (C=O) groups excluding carboxylic acids is 2. The number of carbonyl (C=O) groups is 2. The molecule has 0 spiro atoms. The maximum absolute atomic E-state index is 13.9. The highest BCUT2D eigenvalue weighted by atomic mass is 35.5. The van der Waals surface area contributed by atoms with Gasteiger partial charge in [0.2, 0.25) is 0 Å². The van der Waals surface area contributed by atoms with Crippen LogP contribution in [0.2, 0.25) is 5.02 Å². The lowest BCUT2D eigenvalue weighted by atomic mass is 10.1. The Morgan fingerprint density at radius 2 is 1.83 bits per heavy atom. The molecule has 0 saturated carbocycles. The maximum atomic E-state index is 13.9. The molecule has 2 aromatic carbocycles. The summed E-state index contributed by atoms with van der Waals surface area (Å²) in [5.41, 5.74) is -0.111. The molecule has 0 bridgehead atoms. The quantitative estimate of drug-likeness (QED) is 0.484. The van der Waals surface area contributed by atoms with Crippen LogP contribution >= 0.6 is 11.6 Å². The van der Waals surface area contributed by atoms with E-state index in [1.54, 1.807) is 48.2 Å². The molecule has 0 fully saturated rings. The van der Waals surface area contributed by atoms with Crippen LogP contribution in [-0.2, 0) is 24.0 Å². The van der Waals surface area contributed by atoms with Crippen LogP contribution < -0.4 is 10.2 Å².